The summed E-state index contributed by atoms with van der Waals surface area (Å²) in [5.41, 5.74) is 1.53. The summed E-state index contributed by atoms with van der Waals surface area (Å²) in [5.74, 6) is -0.458. The molecule has 2 aromatic carbocycles. The summed E-state index contributed by atoms with van der Waals surface area (Å²) in [4.78, 5) is 49.1. The zero-order valence-electron chi connectivity index (χ0n) is 17.6. The number of imide groups is 1. The van der Waals surface area contributed by atoms with Crippen LogP contribution in [0, 0.1) is 17.0 Å². The molecule has 4 rings (SSSR count). The predicted octanol–water partition coefficient (Wildman–Crippen LogP) is 5.60. The molecule has 2 heterocycles. The molecule has 9 nitrogen and oxygen atoms in total. The molecule has 1 aliphatic rings. The van der Waals surface area contributed by atoms with Gasteiger partial charge in [0.25, 0.3) is 16.8 Å². The van der Waals surface area contributed by atoms with Crippen molar-refractivity contribution in [2.45, 2.75) is 6.92 Å². The van der Waals surface area contributed by atoms with Crippen LogP contribution in [0.15, 0.2) is 68.4 Å². The van der Waals surface area contributed by atoms with Gasteiger partial charge in [-0.25, -0.2) is 0 Å². The highest BCUT2D eigenvalue weighted by Gasteiger charge is 2.36. The van der Waals surface area contributed by atoms with E-state index >= 15 is 0 Å². The Morgan fingerprint density at radius 2 is 1.97 bits per heavy atom. The molecule has 1 aliphatic heterocycles. The number of furan rings is 1. The van der Waals surface area contributed by atoms with E-state index in [-0.39, 0.29) is 10.6 Å². The van der Waals surface area contributed by atoms with E-state index in [0.717, 1.165) is 4.90 Å². The Morgan fingerprint density at radius 1 is 1.21 bits per heavy atom. The number of nitro groups is 1. The van der Waals surface area contributed by atoms with E-state index in [2.05, 4.69) is 21.2 Å². The van der Waals surface area contributed by atoms with Crippen LogP contribution in [-0.4, -0.2) is 33.4 Å². The second-order valence-electron chi connectivity index (χ2n) is 7.26. The third-order valence-corrected chi connectivity index (χ3v) is 6.51. The van der Waals surface area contributed by atoms with Crippen molar-refractivity contribution in [2.24, 2.45) is 0 Å². The van der Waals surface area contributed by atoms with Crippen LogP contribution in [0.3, 0.4) is 0 Å². The first-order valence-electron chi connectivity index (χ1n) is 9.88. The van der Waals surface area contributed by atoms with Gasteiger partial charge in [-0.05, 0) is 58.9 Å². The first-order chi connectivity index (χ1) is 16.2. The van der Waals surface area contributed by atoms with Crippen LogP contribution in [0.5, 0.6) is 0 Å². The lowest BCUT2D eigenvalue weighted by Gasteiger charge is -2.13. The van der Waals surface area contributed by atoms with Gasteiger partial charge in [0.1, 0.15) is 18.1 Å². The zero-order valence-corrected chi connectivity index (χ0v) is 20.0. The smallest absolute Gasteiger partial charge is 0.294 e. The largest absolute Gasteiger partial charge is 0.457 e. The molecule has 11 heteroatoms. The van der Waals surface area contributed by atoms with Crippen LogP contribution < -0.4 is 5.32 Å². The van der Waals surface area contributed by atoms with Crippen LogP contribution >= 0.6 is 27.7 Å². The molecule has 3 aromatic rings. The lowest BCUT2D eigenvalue weighted by Crippen LogP contribution is -2.36. The molecule has 1 N–H and O–H groups in total. The SMILES string of the molecule is Cc1ccc(-c2ccc(/C=C3/SC(=O)N(CC(=O)Nc4ccccc4Br)C3=O)o2)cc1[N+](=O)[O-]. The molecule has 0 radical (unpaired) electrons. The molecule has 172 valence electrons. The number of amides is 3. The molecule has 0 aliphatic carbocycles. The fourth-order valence-corrected chi connectivity index (χ4v) is 4.41. The summed E-state index contributed by atoms with van der Waals surface area (Å²) in [6.45, 7) is 1.21. The highest BCUT2D eigenvalue weighted by molar-refractivity contribution is 9.10. The number of benzene rings is 2. The Hall–Kier alpha value is -3.70. The van der Waals surface area contributed by atoms with Gasteiger partial charge in [0, 0.05) is 27.7 Å². The molecule has 0 bridgehead atoms. The number of hydrogen-bond donors (Lipinski definition) is 1. The van der Waals surface area contributed by atoms with Crippen LogP contribution in [-0.2, 0) is 9.59 Å². The lowest BCUT2D eigenvalue weighted by atomic mass is 10.1. The summed E-state index contributed by atoms with van der Waals surface area (Å²) < 4.78 is 6.39. The molecule has 0 unspecified atom stereocenters. The number of aryl methyl sites for hydroxylation is 1. The van der Waals surface area contributed by atoms with Gasteiger partial charge in [-0.1, -0.05) is 24.3 Å². The van der Waals surface area contributed by atoms with Crippen LogP contribution in [0.1, 0.15) is 11.3 Å². The molecular weight excluding hydrogens is 526 g/mol. The normalized spacial score (nSPS) is 14.6. The molecule has 3 amide bonds. The molecule has 1 fully saturated rings. The van der Waals surface area contributed by atoms with Crippen LogP contribution in [0.2, 0.25) is 0 Å². The van der Waals surface area contributed by atoms with E-state index in [9.17, 15) is 24.5 Å². The summed E-state index contributed by atoms with van der Waals surface area (Å²) in [5, 5.41) is 13.3. The molecule has 1 saturated heterocycles. The number of carbonyl (C=O) groups excluding carboxylic acids is 3. The maximum Gasteiger partial charge on any atom is 0.294 e. The van der Waals surface area contributed by atoms with E-state index in [1.807, 2.05) is 0 Å². The minimum atomic E-state index is -0.610. The Bertz CT molecular complexity index is 1370. The van der Waals surface area contributed by atoms with Crippen molar-refractivity contribution in [1.29, 1.82) is 0 Å². The Morgan fingerprint density at radius 3 is 2.71 bits per heavy atom. The molecule has 0 saturated carbocycles. The van der Waals surface area contributed by atoms with Gasteiger partial charge in [-0.2, -0.15) is 0 Å². The third-order valence-electron chi connectivity index (χ3n) is 4.91. The van der Waals surface area contributed by atoms with Crippen molar-refractivity contribution in [3.05, 3.63) is 85.4 Å². The molecule has 1 aromatic heterocycles. The molecular formula is C23H16BrN3O6S. The number of para-hydroxylation sites is 1. The monoisotopic (exact) mass is 541 g/mol. The summed E-state index contributed by atoms with van der Waals surface area (Å²) in [7, 11) is 0. The van der Waals surface area contributed by atoms with Crippen molar-refractivity contribution in [3.8, 4) is 11.3 Å². The number of hydrogen-bond acceptors (Lipinski definition) is 7. The number of nitrogens with zero attached hydrogens (tertiary/aromatic N) is 2. The van der Waals surface area contributed by atoms with E-state index < -0.39 is 28.5 Å². The second kappa shape index (κ2) is 9.65. The number of anilines is 1. The van der Waals surface area contributed by atoms with Crippen molar-refractivity contribution in [2.75, 3.05) is 11.9 Å². The number of rotatable bonds is 6. The molecule has 34 heavy (non-hydrogen) atoms. The number of nitrogens with one attached hydrogen (secondary N) is 1. The summed E-state index contributed by atoms with van der Waals surface area (Å²) >= 11 is 4.02. The molecule has 0 atom stereocenters. The van der Waals surface area contributed by atoms with Gasteiger partial charge in [0.15, 0.2) is 0 Å². The zero-order chi connectivity index (χ0) is 24.4. The highest BCUT2D eigenvalue weighted by atomic mass is 79.9. The number of carbonyl (C=O) groups is 3. The van der Waals surface area contributed by atoms with Gasteiger partial charge in [-0.15, -0.1) is 0 Å². The molecule has 0 spiro atoms. The van der Waals surface area contributed by atoms with Crippen molar-refractivity contribution in [3.63, 3.8) is 0 Å². The number of nitro benzene ring substituents is 1. The van der Waals surface area contributed by atoms with Crippen LogP contribution in [0.4, 0.5) is 16.2 Å². The minimum Gasteiger partial charge on any atom is -0.457 e. The van der Waals surface area contributed by atoms with Gasteiger partial charge < -0.3 is 9.73 Å². The number of halogens is 1. The third kappa shape index (κ3) is 4.95. The quantitative estimate of drug-likeness (QED) is 0.244. The summed E-state index contributed by atoms with van der Waals surface area (Å²) in [6, 6.07) is 14.9. The summed E-state index contributed by atoms with van der Waals surface area (Å²) in [6.07, 6.45) is 1.41. The van der Waals surface area contributed by atoms with E-state index in [1.165, 1.54) is 12.1 Å². The van der Waals surface area contributed by atoms with Gasteiger partial charge in [0.2, 0.25) is 5.91 Å². The van der Waals surface area contributed by atoms with E-state index in [1.54, 1.807) is 55.5 Å². The predicted molar refractivity (Wildman–Crippen MR) is 131 cm³/mol. The average molecular weight is 542 g/mol. The highest BCUT2D eigenvalue weighted by Crippen LogP contribution is 2.34. The Kier molecular flexibility index (Phi) is 6.66. The van der Waals surface area contributed by atoms with Crippen LogP contribution in [0.25, 0.3) is 17.4 Å². The van der Waals surface area contributed by atoms with Crippen molar-refractivity contribution in [1.82, 2.24) is 4.90 Å². The van der Waals surface area contributed by atoms with E-state index in [0.29, 0.717) is 44.6 Å². The Balaban J connectivity index is 1.48. The Labute approximate surface area is 206 Å². The van der Waals surface area contributed by atoms with Gasteiger partial charge in [-0.3, -0.25) is 29.4 Å². The van der Waals surface area contributed by atoms with Gasteiger partial charge in [0.05, 0.1) is 15.5 Å². The maximum absolute atomic E-state index is 12.7. The van der Waals surface area contributed by atoms with E-state index in [4.69, 9.17) is 4.42 Å². The number of thioether (sulfide) groups is 1. The first kappa shape index (κ1) is 23.5. The standard InChI is InChI=1S/C23H16BrN3O6S/c1-13-6-7-14(10-18(13)27(31)32)19-9-8-15(33-19)11-20-22(29)26(23(30)34-20)12-21(28)25-17-5-3-2-4-16(17)24/h2-11H,12H2,1H3,(H,25,28)/b20-11+. The fourth-order valence-electron chi connectivity index (χ4n) is 3.21. The fraction of sp³-hybridized carbons (Fsp3) is 0.0870. The lowest BCUT2D eigenvalue weighted by molar-refractivity contribution is -0.385. The van der Waals surface area contributed by atoms with Gasteiger partial charge >= 0.3 is 0 Å². The maximum atomic E-state index is 12.7. The minimum absolute atomic E-state index is 0.0302. The topological polar surface area (TPSA) is 123 Å². The van der Waals surface area contributed by atoms with Crippen molar-refractivity contribution < 1.29 is 23.7 Å². The second-order valence-corrected chi connectivity index (χ2v) is 9.10. The van der Waals surface area contributed by atoms with Crippen molar-refractivity contribution >= 4 is 62.2 Å². The first-order valence-corrected chi connectivity index (χ1v) is 11.5. The average Bonchev–Trinajstić information content (AvgIpc) is 3.36.